The lowest BCUT2D eigenvalue weighted by Gasteiger charge is -2.08. The predicted octanol–water partition coefficient (Wildman–Crippen LogP) is 4.34. The fourth-order valence-corrected chi connectivity index (χ4v) is 2.50. The molecule has 0 radical (unpaired) electrons. The van der Waals surface area contributed by atoms with Crippen LogP contribution >= 0.6 is 0 Å². The number of aryl methyl sites for hydroxylation is 1. The zero-order valence-electron chi connectivity index (χ0n) is 15.0. The number of nitrogens with zero attached hydrogens (tertiary/aromatic N) is 2. The molecule has 0 aliphatic rings. The molecule has 1 heterocycles. The molecule has 0 spiro atoms. The van der Waals surface area contributed by atoms with Crippen molar-refractivity contribution >= 4 is 17.4 Å². The molecule has 0 atom stereocenters. The first-order valence-corrected chi connectivity index (χ1v) is 8.72. The second-order valence-electron chi connectivity index (χ2n) is 6.13. The summed E-state index contributed by atoms with van der Waals surface area (Å²) in [4.78, 5) is 12.1. The van der Waals surface area contributed by atoms with Crippen molar-refractivity contribution in [3.63, 3.8) is 0 Å². The van der Waals surface area contributed by atoms with Crippen LogP contribution in [0.15, 0.2) is 60.7 Å². The summed E-state index contributed by atoms with van der Waals surface area (Å²) in [6, 6.07) is 19.3. The average Bonchev–Trinajstić information content (AvgIpc) is 2.67. The predicted molar refractivity (Wildman–Crippen MR) is 105 cm³/mol. The van der Waals surface area contributed by atoms with Crippen LogP contribution in [-0.4, -0.2) is 22.6 Å². The van der Waals surface area contributed by atoms with Gasteiger partial charge in [-0.05, 0) is 43.7 Å². The maximum atomic E-state index is 12.1. The highest BCUT2D eigenvalue weighted by Gasteiger charge is 2.06. The van der Waals surface area contributed by atoms with Gasteiger partial charge in [0, 0.05) is 23.4 Å². The minimum absolute atomic E-state index is 0.0729. The van der Waals surface area contributed by atoms with Crippen molar-refractivity contribution in [2.45, 2.75) is 20.3 Å². The van der Waals surface area contributed by atoms with Gasteiger partial charge in [0.15, 0.2) is 5.82 Å². The Labute approximate surface area is 153 Å². The van der Waals surface area contributed by atoms with Gasteiger partial charge >= 0.3 is 0 Å². The molecule has 5 heteroatoms. The van der Waals surface area contributed by atoms with Crippen LogP contribution in [0.1, 0.15) is 29.3 Å². The van der Waals surface area contributed by atoms with Gasteiger partial charge in [0.05, 0.1) is 5.69 Å². The quantitative estimate of drug-likeness (QED) is 0.697. The van der Waals surface area contributed by atoms with E-state index >= 15 is 0 Å². The van der Waals surface area contributed by atoms with E-state index in [0.29, 0.717) is 17.9 Å². The molecular weight excluding hydrogens is 324 g/mol. The Morgan fingerprint density at radius 3 is 2.50 bits per heavy atom. The van der Waals surface area contributed by atoms with Gasteiger partial charge in [-0.1, -0.05) is 42.8 Å². The number of benzene rings is 2. The molecule has 0 saturated heterocycles. The molecule has 132 valence electrons. The van der Waals surface area contributed by atoms with Gasteiger partial charge in [0.2, 0.25) is 0 Å². The van der Waals surface area contributed by atoms with Crippen LogP contribution < -0.4 is 10.6 Å². The van der Waals surface area contributed by atoms with Gasteiger partial charge in [0.1, 0.15) is 0 Å². The van der Waals surface area contributed by atoms with E-state index in [1.54, 1.807) is 12.1 Å². The van der Waals surface area contributed by atoms with E-state index in [1.807, 2.05) is 43.3 Å². The summed E-state index contributed by atoms with van der Waals surface area (Å²) in [6.45, 7) is 4.75. The zero-order valence-corrected chi connectivity index (χ0v) is 15.0. The lowest BCUT2D eigenvalue weighted by atomic mass is 10.1. The van der Waals surface area contributed by atoms with Crippen molar-refractivity contribution in [2.75, 3.05) is 11.9 Å². The van der Waals surface area contributed by atoms with Crippen molar-refractivity contribution in [2.24, 2.45) is 0 Å². The first kappa shape index (κ1) is 17.6. The molecule has 0 aliphatic heterocycles. The second-order valence-corrected chi connectivity index (χ2v) is 6.13. The van der Waals surface area contributed by atoms with Gasteiger partial charge in [0.25, 0.3) is 5.91 Å². The Kier molecular flexibility index (Phi) is 5.59. The first-order valence-electron chi connectivity index (χ1n) is 8.72. The summed E-state index contributed by atoms with van der Waals surface area (Å²) in [6.07, 6.45) is 0.909. The molecule has 5 nitrogen and oxygen atoms in total. The minimum atomic E-state index is -0.0729. The van der Waals surface area contributed by atoms with Gasteiger partial charge < -0.3 is 10.6 Å². The molecule has 1 aromatic heterocycles. The summed E-state index contributed by atoms with van der Waals surface area (Å²) < 4.78 is 0. The Balaban J connectivity index is 1.71. The molecule has 3 aromatic rings. The molecule has 2 N–H and O–H groups in total. The van der Waals surface area contributed by atoms with Crippen LogP contribution in [0.3, 0.4) is 0 Å². The molecule has 0 fully saturated rings. The summed E-state index contributed by atoms with van der Waals surface area (Å²) in [7, 11) is 0. The summed E-state index contributed by atoms with van der Waals surface area (Å²) in [5, 5.41) is 14.6. The van der Waals surface area contributed by atoms with Crippen molar-refractivity contribution in [1.29, 1.82) is 0 Å². The highest BCUT2D eigenvalue weighted by atomic mass is 16.1. The number of amides is 1. The van der Waals surface area contributed by atoms with Crippen LogP contribution in [0.4, 0.5) is 11.5 Å². The van der Waals surface area contributed by atoms with Crippen molar-refractivity contribution in [3.8, 4) is 11.3 Å². The number of aromatic nitrogens is 2. The van der Waals surface area contributed by atoms with E-state index in [9.17, 15) is 4.79 Å². The molecule has 3 rings (SSSR count). The summed E-state index contributed by atoms with van der Waals surface area (Å²) in [5.74, 6) is 0.559. The van der Waals surface area contributed by atoms with Crippen molar-refractivity contribution in [3.05, 3.63) is 71.8 Å². The highest BCUT2D eigenvalue weighted by Crippen LogP contribution is 2.20. The third-order valence-electron chi connectivity index (χ3n) is 3.94. The largest absolute Gasteiger partial charge is 0.352 e. The molecule has 1 amide bonds. The number of rotatable bonds is 6. The first-order chi connectivity index (χ1) is 12.7. The molecule has 2 aromatic carbocycles. The normalized spacial score (nSPS) is 10.4. The number of carbonyl (C=O) groups is 1. The van der Waals surface area contributed by atoms with Crippen LogP contribution in [0.25, 0.3) is 11.3 Å². The third-order valence-corrected chi connectivity index (χ3v) is 3.94. The van der Waals surface area contributed by atoms with E-state index < -0.39 is 0 Å². The van der Waals surface area contributed by atoms with Gasteiger partial charge in [-0.15, -0.1) is 10.2 Å². The van der Waals surface area contributed by atoms with Crippen molar-refractivity contribution < 1.29 is 4.79 Å². The van der Waals surface area contributed by atoms with Crippen LogP contribution in [-0.2, 0) is 0 Å². The van der Waals surface area contributed by atoms with Crippen LogP contribution in [0.2, 0.25) is 0 Å². The minimum Gasteiger partial charge on any atom is -0.352 e. The smallest absolute Gasteiger partial charge is 0.251 e. The van der Waals surface area contributed by atoms with Crippen LogP contribution in [0, 0.1) is 6.92 Å². The lowest BCUT2D eigenvalue weighted by molar-refractivity contribution is 0.0953. The Hall–Kier alpha value is -3.21. The fraction of sp³-hybridized carbons (Fsp3) is 0.190. The van der Waals surface area contributed by atoms with Gasteiger partial charge in [-0.2, -0.15) is 0 Å². The molecule has 0 bridgehead atoms. The second kappa shape index (κ2) is 8.25. The maximum Gasteiger partial charge on any atom is 0.251 e. The Bertz CT molecular complexity index is 873. The monoisotopic (exact) mass is 346 g/mol. The number of nitrogens with one attached hydrogen (secondary N) is 2. The number of anilines is 2. The number of hydrogen-bond acceptors (Lipinski definition) is 4. The van der Waals surface area contributed by atoms with Gasteiger partial charge in [-0.25, -0.2) is 0 Å². The van der Waals surface area contributed by atoms with Crippen LogP contribution in [0.5, 0.6) is 0 Å². The summed E-state index contributed by atoms with van der Waals surface area (Å²) >= 11 is 0. The topological polar surface area (TPSA) is 66.9 Å². The van der Waals surface area contributed by atoms with E-state index in [-0.39, 0.29) is 5.91 Å². The number of hydrogen-bond donors (Lipinski definition) is 2. The van der Waals surface area contributed by atoms with E-state index in [2.05, 4.69) is 39.9 Å². The maximum absolute atomic E-state index is 12.1. The standard InChI is InChI=1S/C21H22N4O/c1-3-13-22-21(26)17-5-4-6-18(14-17)23-20-12-11-19(24-25-20)16-9-7-15(2)8-10-16/h4-12,14H,3,13H2,1-2H3,(H,22,26)(H,23,25). The molecule has 0 unspecified atom stereocenters. The van der Waals surface area contributed by atoms with Crippen molar-refractivity contribution in [1.82, 2.24) is 15.5 Å². The lowest BCUT2D eigenvalue weighted by Crippen LogP contribution is -2.23. The fourth-order valence-electron chi connectivity index (χ4n) is 2.50. The Morgan fingerprint density at radius 1 is 1.00 bits per heavy atom. The SMILES string of the molecule is CCCNC(=O)c1cccc(Nc2ccc(-c3ccc(C)cc3)nn2)c1. The van der Waals surface area contributed by atoms with E-state index in [1.165, 1.54) is 5.56 Å². The average molecular weight is 346 g/mol. The highest BCUT2D eigenvalue weighted by molar-refractivity contribution is 5.95. The van der Waals surface area contributed by atoms with E-state index in [0.717, 1.165) is 23.4 Å². The van der Waals surface area contributed by atoms with Gasteiger partial charge in [-0.3, -0.25) is 4.79 Å². The van der Waals surface area contributed by atoms with E-state index in [4.69, 9.17) is 0 Å². The zero-order chi connectivity index (χ0) is 18.4. The molecule has 0 saturated carbocycles. The number of carbonyl (C=O) groups excluding carboxylic acids is 1. The third kappa shape index (κ3) is 4.45. The molecule has 26 heavy (non-hydrogen) atoms. The Morgan fingerprint density at radius 2 is 1.81 bits per heavy atom. The molecular formula is C21H22N4O. The molecule has 0 aliphatic carbocycles. The summed E-state index contributed by atoms with van der Waals surface area (Å²) in [5.41, 5.74) is 4.48.